The van der Waals surface area contributed by atoms with Crippen LogP contribution in [0.1, 0.15) is 6.92 Å². The van der Waals surface area contributed by atoms with Crippen LogP contribution in [0.15, 0.2) is 54.7 Å². The van der Waals surface area contributed by atoms with Crippen LogP contribution in [0.5, 0.6) is 0 Å². The summed E-state index contributed by atoms with van der Waals surface area (Å²) in [5.74, 6) is 0. The number of nitrogens with zero attached hydrogens (tertiary/aromatic N) is 1. The van der Waals surface area contributed by atoms with Gasteiger partial charge in [0.25, 0.3) is 0 Å². The van der Waals surface area contributed by atoms with Crippen molar-refractivity contribution in [1.29, 1.82) is 0 Å². The van der Waals surface area contributed by atoms with Gasteiger partial charge in [-0.2, -0.15) is 4.57 Å². The molecule has 16 heavy (non-hydrogen) atoms. The van der Waals surface area contributed by atoms with E-state index in [0.717, 1.165) is 6.54 Å². The van der Waals surface area contributed by atoms with Gasteiger partial charge in [0.2, 0.25) is 5.52 Å². The van der Waals surface area contributed by atoms with E-state index in [-0.39, 0.29) is 0 Å². The largest absolute Gasteiger partial charge is 0.213 e. The fraction of sp³-hybridized carbons (Fsp3) is 0.133. The third kappa shape index (κ3) is 1.28. The van der Waals surface area contributed by atoms with Gasteiger partial charge in [-0.1, -0.05) is 30.3 Å². The predicted molar refractivity (Wildman–Crippen MR) is 67.3 cm³/mol. The van der Waals surface area contributed by atoms with Crippen molar-refractivity contribution in [2.75, 3.05) is 0 Å². The minimum absolute atomic E-state index is 1.01. The molecular weight excluding hydrogens is 194 g/mol. The minimum atomic E-state index is 1.01. The number of hydrogen-bond donors (Lipinski definition) is 0. The quantitative estimate of drug-likeness (QED) is 0.427. The van der Waals surface area contributed by atoms with Crippen LogP contribution in [-0.4, -0.2) is 0 Å². The van der Waals surface area contributed by atoms with E-state index in [4.69, 9.17) is 0 Å². The molecule has 0 fully saturated rings. The first-order valence-corrected chi connectivity index (χ1v) is 5.70. The third-order valence-electron chi connectivity index (χ3n) is 3.10. The van der Waals surface area contributed by atoms with Crippen molar-refractivity contribution in [2.24, 2.45) is 0 Å². The lowest BCUT2D eigenvalue weighted by Crippen LogP contribution is -2.32. The van der Waals surface area contributed by atoms with Crippen LogP contribution >= 0.6 is 0 Å². The van der Waals surface area contributed by atoms with Gasteiger partial charge in [0, 0.05) is 16.8 Å². The second-order valence-electron chi connectivity index (χ2n) is 4.02. The lowest BCUT2D eigenvalue weighted by atomic mass is 10.1. The van der Waals surface area contributed by atoms with Crippen molar-refractivity contribution < 1.29 is 4.57 Å². The summed E-state index contributed by atoms with van der Waals surface area (Å²) in [6, 6.07) is 17.2. The number of aryl methyl sites for hydroxylation is 1. The van der Waals surface area contributed by atoms with Gasteiger partial charge in [-0.3, -0.25) is 0 Å². The predicted octanol–water partition coefficient (Wildman–Crippen LogP) is 3.30. The van der Waals surface area contributed by atoms with Crippen LogP contribution in [0.3, 0.4) is 0 Å². The van der Waals surface area contributed by atoms with E-state index in [2.05, 4.69) is 66.2 Å². The van der Waals surface area contributed by atoms with Crippen LogP contribution in [-0.2, 0) is 6.54 Å². The van der Waals surface area contributed by atoms with E-state index in [1.54, 1.807) is 0 Å². The lowest BCUT2D eigenvalue weighted by Gasteiger charge is -2.03. The van der Waals surface area contributed by atoms with E-state index < -0.39 is 0 Å². The van der Waals surface area contributed by atoms with E-state index in [9.17, 15) is 0 Å². The number of fused-ring (bicyclic) bond motifs is 3. The van der Waals surface area contributed by atoms with Crippen molar-refractivity contribution >= 4 is 21.7 Å². The zero-order valence-corrected chi connectivity index (χ0v) is 9.35. The number of para-hydroxylation sites is 1. The Morgan fingerprint density at radius 3 is 2.38 bits per heavy atom. The topological polar surface area (TPSA) is 3.88 Å². The first kappa shape index (κ1) is 9.34. The Kier molecular flexibility index (Phi) is 2.10. The van der Waals surface area contributed by atoms with Crippen LogP contribution in [0, 0.1) is 0 Å². The Balaban J connectivity index is 2.57. The number of aromatic nitrogens is 1. The van der Waals surface area contributed by atoms with Crippen molar-refractivity contribution in [2.45, 2.75) is 13.5 Å². The van der Waals surface area contributed by atoms with Gasteiger partial charge in [0.1, 0.15) is 6.54 Å². The average molecular weight is 208 g/mol. The van der Waals surface area contributed by atoms with Crippen molar-refractivity contribution in [3.8, 4) is 0 Å². The summed E-state index contributed by atoms with van der Waals surface area (Å²) in [5.41, 5.74) is 1.31. The summed E-state index contributed by atoms with van der Waals surface area (Å²) >= 11 is 0. The lowest BCUT2D eigenvalue weighted by molar-refractivity contribution is -0.666. The Bertz CT molecular complexity index is 656. The smallest absolute Gasteiger partial charge is 0.198 e. The zero-order chi connectivity index (χ0) is 11.0. The van der Waals surface area contributed by atoms with Crippen LogP contribution in [0.2, 0.25) is 0 Å². The Hall–Kier alpha value is -1.89. The number of pyridine rings is 1. The SMILES string of the molecule is CC[n+]1cc2ccccc2c2ccccc21. The van der Waals surface area contributed by atoms with Gasteiger partial charge < -0.3 is 0 Å². The maximum atomic E-state index is 2.30. The molecule has 3 aromatic rings. The summed E-state index contributed by atoms with van der Waals surface area (Å²) in [6.45, 7) is 3.19. The molecule has 0 unspecified atom stereocenters. The third-order valence-corrected chi connectivity index (χ3v) is 3.10. The summed E-state index contributed by atoms with van der Waals surface area (Å²) in [5, 5.41) is 3.98. The summed E-state index contributed by atoms with van der Waals surface area (Å²) in [7, 11) is 0. The molecule has 0 aliphatic heterocycles. The molecule has 0 amide bonds. The highest BCUT2D eigenvalue weighted by Crippen LogP contribution is 2.21. The molecule has 0 N–H and O–H groups in total. The van der Waals surface area contributed by atoms with Crippen LogP contribution < -0.4 is 4.57 Å². The highest BCUT2D eigenvalue weighted by Gasteiger charge is 2.09. The highest BCUT2D eigenvalue weighted by atomic mass is 14.9. The van der Waals surface area contributed by atoms with E-state index in [1.807, 2.05) is 0 Å². The molecule has 78 valence electrons. The highest BCUT2D eigenvalue weighted by molar-refractivity contribution is 6.03. The fourth-order valence-electron chi connectivity index (χ4n) is 2.31. The molecule has 1 heteroatoms. The molecule has 2 aromatic carbocycles. The average Bonchev–Trinajstić information content (AvgIpc) is 2.38. The molecular formula is C15H14N+. The molecule has 0 saturated heterocycles. The van der Waals surface area contributed by atoms with E-state index in [1.165, 1.54) is 21.7 Å². The maximum absolute atomic E-state index is 2.30. The molecule has 3 rings (SSSR count). The molecule has 0 aliphatic carbocycles. The molecule has 0 aliphatic rings. The van der Waals surface area contributed by atoms with Crippen LogP contribution in [0.25, 0.3) is 21.7 Å². The van der Waals surface area contributed by atoms with Crippen LogP contribution in [0.4, 0.5) is 0 Å². The maximum Gasteiger partial charge on any atom is 0.213 e. The van der Waals surface area contributed by atoms with Crippen molar-refractivity contribution in [3.63, 3.8) is 0 Å². The summed E-state index contributed by atoms with van der Waals surface area (Å²) < 4.78 is 2.30. The van der Waals surface area contributed by atoms with Crippen molar-refractivity contribution in [3.05, 3.63) is 54.7 Å². The first-order chi connectivity index (χ1) is 7.90. The molecule has 1 aromatic heterocycles. The zero-order valence-electron chi connectivity index (χ0n) is 9.35. The molecule has 0 bridgehead atoms. The summed E-state index contributed by atoms with van der Waals surface area (Å²) in [4.78, 5) is 0. The van der Waals surface area contributed by atoms with E-state index in [0.29, 0.717) is 0 Å². The second-order valence-corrected chi connectivity index (χ2v) is 4.02. The Morgan fingerprint density at radius 2 is 1.56 bits per heavy atom. The Morgan fingerprint density at radius 1 is 0.875 bits per heavy atom. The molecule has 0 atom stereocenters. The normalized spacial score (nSPS) is 11.1. The monoisotopic (exact) mass is 208 g/mol. The minimum Gasteiger partial charge on any atom is -0.198 e. The standard InChI is InChI=1S/C15H14N/c1-2-16-11-12-7-3-4-8-13(12)14-9-5-6-10-15(14)16/h3-11H,2H2,1H3/q+1. The second kappa shape index (κ2) is 3.60. The molecule has 0 spiro atoms. The number of benzene rings is 2. The number of hydrogen-bond acceptors (Lipinski definition) is 0. The van der Waals surface area contributed by atoms with Gasteiger partial charge >= 0.3 is 0 Å². The first-order valence-electron chi connectivity index (χ1n) is 5.70. The summed E-state index contributed by atoms with van der Waals surface area (Å²) in [6.07, 6.45) is 2.23. The van der Waals surface area contributed by atoms with Gasteiger partial charge in [0.05, 0.1) is 5.39 Å². The Labute approximate surface area is 95.0 Å². The van der Waals surface area contributed by atoms with Crippen molar-refractivity contribution in [1.82, 2.24) is 0 Å². The molecule has 1 heterocycles. The molecule has 0 radical (unpaired) electrons. The van der Waals surface area contributed by atoms with Gasteiger partial charge in [-0.05, 0) is 19.1 Å². The van der Waals surface area contributed by atoms with E-state index >= 15 is 0 Å². The fourth-order valence-corrected chi connectivity index (χ4v) is 2.31. The molecule has 1 nitrogen and oxygen atoms in total. The number of rotatable bonds is 1. The molecule has 0 saturated carbocycles. The van der Waals surface area contributed by atoms with Gasteiger partial charge in [0.15, 0.2) is 6.20 Å². The van der Waals surface area contributed by atoms with Gasteiger partial charge in [-0.25, -0.2) is 0 Å². The van der Waals surface area contributed by atoms with Gasteiger partial charge in [-0.15, -0.1) is 0 Å².